The van der Waals surface area contributed by atoms with Crippen LogP contribution in [0, 0.1) is 12.3 Å². The molecule has 0 aromatic heterocycles. The molecule has 0 aliphatic heterocycles. The second kappa shape index (κ2) is 9.20. The number of hydrogen-bond donors (Lipinski definition) is 2. The molecule has 2 amide bonds. The average molecular weight is 375 g/mol. The first kappa shape index (κ1) is 19.7. The lowest BCUT2D eigenvalue weighted by Crippen LogP contribution is -2.36. The summed E-state index contributed by atoms with van der Waals surface area (Å²) >= 11 is 0. The summed E-state index contributed by atoms with van der Waals surface area (Å²) in [6.45, 7) is 3.03. The number of nitrogens with one attached hydrogen (secondary N) is 2. The highest BCUT2D eigenvalue weighted by atomic mass is 16.2. The molecule has 0 saturated carbocycles. The summed E-state index contributed by atoms with van der Waals surface area (Å²) in [5.41, 5.74) is 3.69. The van der Waals surface area contributed by atoms with Crippen molar-refractivity contribution in [1.29, 1.82) is 0 Å². The standard InChI is InChI=1S/C23H25N3O2/c1-3-14-26(21-13-12-17-8-5-6-11-20(17)21)16-22(27)25-19-10-7-9-18(15-19)23(28)24-4-2/h1,5-11,15,21H,4,12-14,16H2,2H3,(H,24,28)(H,25,27)/t21-/m0/s1. The third-order valence-electron chi connectivity index (χ3n) is 4.93. The molecule has 0 spiro atoms. The van der Waals surface area contributed by atoms with E-state index in [0.29, 0.717) is 24.3 Å². The first-order chi connectivity index (χ1) is 13.6. The molecule has 0 fully saturated rings. The number of anilines is 1. The van der Waals surface area contributed by atoms with E-state index in [1.165, 1.54) is 11.1 Å². The van der Waals surface area contributed by atoms with Crippen LogP contribution in [0.3, 0.4) is 0 Å². The smallest absolute Gasteiger partial charge is 0.251 e. The molecule has 1 aliphatic carbocycles. The predicted molar refractivity (Wildman–Crippen MR) is 111 cm³/mol. The Kier molecular flexibility index (Phi) is 6.46. The molecule has 0 radical (unpaired) electrons. The van der Waals surface area contributed by atoms with Gasteiger partial charge in [0.2, 0.25) is 5.91 Å². The summed E-state index contributed by atoms with van der Waals surface area (Å²) in [6.07, 6.45) is 7.52. The van der Waals surface area contributed by atoms with Crippen LogP contribution in [0.4, 0.5) is 5.69 Å². The summed E-state index contributed by atoms with van der Waals surface area (Å²) < 4.78 is 0. The fourth-order valence-electron chi connectivity index (χ4n) is 3.69. The summed E-state index contributed by atoms with van der Waals surface area (Å²) in [6, 6.07) is 15.4. The second-order valence-corrected chi connectivity index (χ2v) is 6.85. The van der Waals surface area contributed by atoms with Crippen molar-refractivity contribution in [3.63, 3.8) is 0 Å². The number of benzene rings is 2. The number of amides is 2. The molecule has 2 aromatic rings. The molecule has 0 unspecified atom stereocenters. The van der Waals surface area contributed by atoms with Crippen molar-refractivity contribution in [2.24, 2.45) is 0 Å². The van der Waals surface area contributed by atoms with Gasteiger partial charge in [0.25, 0.3) is 5.91 Å². The van der Waals surface area contributed by atoms with E-state index in [1.54, 1.807) is 24.3 Å². The van der Waals surface area contributed by atoms with Gasteiger partial charge in [0.05, 0.1) is 13.1 Å². The normalized spacial score (nSPS) is 15.0. The van der Waals surface area contributed by atoms with Gasteiger partial charge >= 0.3 is 0 Å². The van der Waals surface area contributed by atoms with Crippen LogP contribution >= 0.6 is 0 Å². The fraction of sp³-hybridized carbons (Fsp3) is 0.304. The van der Waals surface area contributed by atoms with E-state index in [-0.39, 0.29) is 24.4 Å². The van der Waals surface area contributed by atoms with Crippen LogP contribution in [-0.2, 0) is 11.2 Å². The molecule has 28 heavy (non-hydrogen) atoms. The van der Waals surface area contributed by atoms with E-state index in [1.807, 2.05) is 24.0 Å². The molecule has 5 heteroatoms. The van der Waals surface area contributed by atoms with E-state index in [2.05, 4.69) is 28.7 Å². The van der Waals surface area contributed by atoms with Crippen LogP contribution < -0.4 is 10.6 Å². The van der Waals surface area contributed by atoms with Crippen molar-refractivity contribution < 1.29 is 9.59 Å². The predicted octanol–water partition coefficient (Wildman–Crippen LogP) is 3.00. The number of aryl methyl sites for hydroxylation is 1. The van der Waals surface area contributed by atoms with Gasteiger partial charge < -0.3 is 10.6 Å². The SMILES string of the molecule is C#CCN(CC(=O)Nc1cccc(C(=O)NCC)c1)[C@H]1CCc2ccccc21. The minimum Gasteiger partial charge on any atom is -0.352 e. The Balaban J connectivity index is 1.68. The zero-order chi connectivity index (χ0) is 19.9. The van der Waals surface area contributed by atoms with Gasteiger partial charge in [-0.05, 0) is 49.1 Å². The highest BCUT2D eigenvalue weighted by Gasteiger charge is 2.28. The van der Waals surface area contributed by atoms with E-state index in [9.17, 15) is 9.59 Å². The maximum atomic E-state index is 12.7. The molecule has 1 aliphatic rings. The van der Waals surface area contributed by atoms with Gasteiger partial charge in [0.15, 0.2) is 0 Å². The Labute approximate surface area is 166 Å². The zero-order valence-corrected chi connectivity index (χ0v) is 16.1. The summed E-state index contributed by atoms with van der Waals surface area (Å²) in [5, 5.41) is 5.64. The largest absolute Gasteiger partial charge is 0.352 e. The van der Waals surface area contributed by atoms with E-state index >= 15 is 0 Å². The van der Waals surface area contributed by atoms with Gasteiger partial charge in [-0.3, -0.25) is 14.5 Å². The van der Waals surface area contributed by atoms with E-state index in [4.69, 9.17) is 6.42 Å². The molecule has 2 N–H and O–H groups in total. The van der Waals surface area contributed by atoms with Crippen LogP contribution in [-0.4, -0.2) is 36.3 Å². The molecule has 0 saturated heterocycles. The summed E-state index contributed by atoms with van der Waals surface area (Å²) in [5.74, 6) is 2.37. The molecular weight excluding hydrogens is 350 g/mol. The number of carbonyl (C=O) groups excluding carboxylic acids is 2. The lowest BCUT2D eigenvalue weighted by molar-refractivity contribution is -0.117. The summed E-state index contributed by atoms with van der Waals surface area (Å²) in [4.78, 5) is 26.7. The minimum atomic E-state index is -0.157. The monoisotopic (exact) mass is 375 g/mol. The molecular formula is C23H25N3O2. The van der Waals surface area contributed by atoms with Crippen molar-refractivity contribution in [2.75, 3.05) is 25.0 Å². The topological polar surface area (TPSA) is 61.4 Å². The lowest BCUT2D eigenvalue weighted by Gasteiger charge is -2.27. The zero-order valence-electron chi connectivity index (χ0n) is 16.1. The van der Waals surface area contributed by atoms with Crippen molar-refractivity contribution in [1.82, 2.24) is 10.2 Å². The van der Waals surface area contributed by atoms with Crippen molar-refractivity contribution in [3.8, 4) is 12.3 Å². The van der Waals surface area contributed by atoms with E-state index in [0.717, 1.165) is 12.8 Å². The Morgan fingerprint density at radius 2 is 2.04 bits per heavy atom. The van der Waals surface area contributed by atoms with Crippen LogP contribution in [0.25, 0.3) is 0 Å². The van der Waals surface area contributed by atoms with Gasteiger partial charge in [-0.15, -0.1) is 6.42 Å². The number of hydrogen-bond acceptors (Lipinski definition) is 3. The maximum absolute atomic E-state index is 12.7. The van der Waals surface area contributed by atoms with Crippen LogP contribution in [0.2, 0.25) is 0 Å². The number of rotatable bonds is 7. The molecule has 5 nitrogen and oxygen atoms in total. The molecule has 0 bridgehead atoms. The molecule has 2 aromatic carbocycles. The molecule has 1 atom stereocenters. The van der Waals surface area contributed by atoms with Gasteiger partial charge in [-0.1, -0.05) is 36.3 Å². The second-order valence-electron chi connectivity index (χ2n) is 6.85. The molecule has 144 valence electrons. The quantitative estimate of drug-likeness (QED) is 0.732. The Hall–Kier alpha value is -3.10. The van der Waals surface area contributed by atoms with Gasteiger partial charge in [-0.25, -0.2) is 0 Å². The summed E-state index contributed by atoms with van der Waals surface area (Å²) in [7, 11) is 0. The average Bonchev–Trinajstić information content (AvgIpc) is 3.12. The highest BCUT2D eigenvalue weighted by Crippen LogP contribution is 2.35. The number of nitrogens with zero attached hydrogens (tertiary/aromatic N) is 1. The lowest BCUT2D eigenvalue weighted by atomic mass is 10.1. The van der Waals surface area contributed by atoms with Gasteiger partial charge in [0, 0.05) is 23.8 Å². The Morgan fingerprint density at radius 3 is 2.82 bits per heavy atom. The van der Waals surface area contributed by atoms with Crippen LogP contribution in [0.5, 0.6) is 0 Å². The first-order valence-electron chi connectivity index (χ1n) is 9.55. The molecule has 0 heterocycles. The minimum absolute atomic E-state index is 0.146. The maximum Gasteiger partial charge on any atom is 0.251 e. The number of carbonyl (C=O) groups is 2. The van der Waals surface area contributed by atoms with Gasteiger partial charge in [-0.2, -0.15) is 0 Å². The van der Waals surface area contributed by atoms with E-state index < -0.39 is 0 Å². The third kappa shape index (κ3) is 4.59. The third-order valence-corrected chi connectivity index (χ3v) is 4.93. The number of terminal acetylenes is 1. The fourth-order valence-corrected chi connectivity index (χ4v) is 3.69. The van der Waals surface area contributed by atoms with Crippen molar-refractivity contribution in [2.45, 2.75) is 25.8 Å². The highest BCUT2D eigenvalue weighted by molar-refractivity contribution is 5.97. The van der Waals surface area contributed by atoms with Crippen molar-refractivity contribution in [3.05, 3.63) is 65.2 Å². The van der Waals surface area contributed by atoms with Crippen LogP contribution in [0.15, 0.2) is 48.5 Å². The Bertz CT molecular complexity index is 901. The Morgan fingerprint density at radius 1 is 1.21 bits per heavy atom. The van der Waals surface area contributed by atoms with Crippen LogP contribution in [0.1, 0.15) is 40.9 Å². The number of fused-ring (bicyclic) bond motifs is 1. The van der Waals surface area contributed by atoms with Crippen molar-refractivity contribution >= 4 is 17.5 Å². The molecule has 3 rings (SSSR count). The first-order valence-corrected chi connectivity index (χ1v) is 9.55. The van der Waals surface area contributed by atoms with Gasteiger partial charge in [0.1, 0.15) is 0 Å².